The summed E-state index contributed by atoms with van der Waals surface area (Å²) in [6, 6.07) is 44.7. The Morgan fingerprint density at radius 1 is 0.415 bits per heavy atom. The summed E-state index contributed by atoms with van der Waals surface area (Å²) in [5, 5.41) is 0. The molecule has 0 aliphatic carbocycles. The fourth-order valence-corrected chi connectivity index (χ4v) is 7.56. The van der Waals surface area contributed by atoms with Gasteiger partial charge < -0.3 is 14.5 Å². The fraction of sp³-hybridized carbons (Fsp3) is 0. The topological polar surface area (TPSA) is 115 Å². The van der Waals surface area contributed by atoms with Crippen LogP contribution >= 0.6 is 0 Å². The van der Waals surface area contributed by atoms with Gasteiger partial charge in [-0.15, -0.1) is 0 Å². The first-order valence-electron chi connectivity index (χ1n) is 16.8. The van der Waals surface area contributed by atoms with Crippen LogP contribution in [0.15, 0.2) is 144 Å². The van der Waals surface area contributed by atoms with Crippen molar-refractivity contribution in [2.75, 3.05) is 0 Å². The summed E-state index contributed by atoms with van der Waals surface area (Å²) in [6.45, 7) is 0. The standard InChI is InChI=1S/C44H30N4O3S.Na/c49-52(50,51)32-18-10-17-31(27-32)44-39-25-23-37(47-39)42(29-13-6-2-7-14-29)35-21-19-33(45-35)41(28-11-4-1-5-12-28)34-20-22-36(46-34)43(30-15-8-3-9-16-30)38-24-26-40(44)48-38;/h1-27,45,48H,(H,49,50,51);/q;+1/p-1. The molecule has 2 aliphatic rings. The van der Waals surface area contributed by atoms with E-state index in [1.807, 2.05) is 85.0 Å². The van der Waals surface area contributed by atoms with Crippen LogP contribution in [0.3, 0.4) is 0 Å². The van der Waals surface area contributed by atoms with Crippen molar-refractivity contribution in [1.82, 2.24) is 19.9 Å². The molecular formula is C44H29N4NaO3S. The number of H-pyrrole nitrogens is 2. The van der Waals surface area contributed by atoms with Crippen LogP contribution in [0.4, 0.5) is 0 Å². The van der Waals surface area contributed by atoms with Crippen LogP contribution in [-0.2, 0) is 10.1 Å². The van der Waals surface area contributed by atoms with Gasteiger partial charge >= 0.3 is 29.6 Å². The third-order valence-corrected chi connectivity index (χ3v) is 10.2. The molecule has 0 saturated carbocycles. The second kappa shape index (κ2) is 14.1. The van der Waals surface area contributed by atoms with Crippen LogP contribution in [0.5, 0.6) is 0 Å². The largest absolute Gasteiger partial charge is 1.00 e. The Labute approximate surface area is 328 Å². The Morgan fingerprint density at radius 2 is 0.736 bits per heavy atom. The monoisotopic (exact) mass is 716 g/mol. The van der Waals surface area contributed by atoms with Gasteiger partial charge in [-0.1, -0.05) is 103 Å². The van der Waals surface area contributed by atoms with Crippen molar-refractivity contribution in [3.8, 4) is 44.5 Å². The van der Waals surface area contributed by atoms with Gasteiger partial charge in [0.1, 0.15) is 10.1 Å². The third kappa shape index (κ3) is 6.52. The molecule has 3 aromatic heterocycles. The van der Waals surface area contributed by atoms with Crippen LogP contribution < -0.4 is 29.6 Å². The minimum Gasteiger partial charge on any atom is -0.744 e. The summed E-state index contributed by atoms with van der Waals surface area (Å²) < 4.78 is 36.5. The van der Waals surface area contributed by atoms with Crippen molar-refractivity contribution in [2.45, 2.75) is 4.90 Å². The van der Waals surface area contributed by atoms with Crippen molar-refractivity contribution in [1.29, 1.82) is 0 Å². The van der Waals surface area contributed by atoms with E-state index in [4.69, 9.17) is 9.97 Å². The zero-order chi connectivity index (χ0) is 35.2. The minimum absolute atomic E-state index is 0. The number of aromatic amines is 2. The predicted molar refractivity (Wildman–Crippen MR) is 209 cm³/mol. The van der Waals surface area contributed by atoms with Gasteiger partial charge in [0.15, 0.2) is 0 Å². The predicted octanol–water partition coefficient (Wildman–Crippen LogP) is 7.23. The van der Waals surface area contributed by atoms with Gasteiger partial charge in [0.25, 0.3) is 0 Å². The van der Waals surface area contributed by atoms with Crippen molar-refractivity contribution < 1.29 is 42.5 Å². The maximum absolute atomic E-state index is 12.2. The number of hydrogen-bond donors (Lipinski definition) is 2. The number of fused-ring (bicyclic) bond motifs is 8. The van der Waals surface area contributed by atoms with Crippen LogP contribution in [0.2, 0.25) is 0 Å². The van der Waals surface area contributed by atoms with E-state index in [1.54, 1.807) is 12.1 Å². The second-order valence-electron chi connectivity index (χ2n) is 12.6. The van der Waals surface area contributed by atoms with Gasteiger partial charge in [0.2, 0.25) is 0 Å². The normalized spacial score (nSPS) is 12.1. The van der Waals surface area contributed by atoms with Crippen LogP contribution in [0, 0.1) is 0 Å². The van der Waals surface area contributed by atoms with Crippen molar-refractivity contribution >= 4 is 56.5 Å². The van der Waals surface area contributed by atoms with E-state index in [0.717, 1.165) is 67.0 Å². The van der Waals surface area contributed by atoms with Gasteiger partial charge in [0, 0.05) is 44.3 Å². The van der Waals surface area contributed by atoms with Gasteiger partial charge in [-0.3, -0.25) is 0 Å². The Kier molecular flexibility index (Phi) is 9.16. The molecule has 8 bridgehead atoms. The van der Waals surface area contributed by atoms with Gasteiger partial charge in [0.05, 0.1) is 27.7 Å². The number of hydrogen-bond acceptors (Lipinski definition) is 5. The van der Waals surface area contributed by atoms with Crippen LogP contribution in [0.25, 0.3) is 90.9 Å². The maximum Gasteiger partial charge on any atom is 1.00 e. The fourth-order valence-electron chi connectivity index (χ4n) is 7.04. The zero-order valence-electron chi connectivity index (χ0n) is 28.6. The van der Waals surface area contributed by atoms with E-state index >= 15 is 0 Å². The molecule has 250 valence electrons. The van der Waals surface area contributed by atoms with Crippen molar-refractivity contribution in [2.24, 2.45) is 0 Å². The maximum atomic E-state index is 12.2. The van der Waals surface area contributed by atoms with Crippen LogP contribution in [-0.4, -0.2) is 32.9 Å². The first-order chi connectivity index (χ1) is 25.4. The van der Waals surface area contributed by atoms with Crippen molar-refractivity contribution in [3.63, 3.8) is 0 Å². The molecule has 0 saturated heterocycles. The second-order valence-corrected chi connectivity index (χ2v) is 14.0. The van der Waals surface area contributed by atoms with Gasteiger partial charge in [-0.2, -0.15) is 0 Å². The van der Waals surface area contributed by atoms with E-state index in [0.29, 0.717) is 22.3 Å². The molecule has 0 spiro atoms. The molecule has 5 heterocycles. The molecule has 0 radical (unpaired) electrons. The average molecular weight is 717 g/mol. The number of nitrogens with one attached hydrogen (secondary N) is 2. The Hall–Kier alpha value is -5.61. The van der Waals surface area contributed by atoms with E-state index in [-0.39, 0.29) is 34.5 Å². The Bertz CT molecular complexity index is 2830. The van der Waals surface area contributed by atoms with E-state index < -0.39 is 10.1 Å². The summed E-state index contributed by atoms with van der Waals surface area (Å²) >= 11 is 0. The van der Waals surface area contributed by atoms with E-state index in [2.05, 4.69) is 64.6 Å². The SMILES string of the molecule is O=S(=O)([O-])c1cccc(-c2c3nc(c(-c4ccccc4)c4ccc([nH]4)c(-c4ccccc4)c4nc(c(-c5ccccc5)c5ccc2[nH]5)C=C4)C=C3)c1.[Na+]. The molecule has 7 aromatic rings. The quantitative estimate of drug-likeness (QED) is 0.144. The van der Waals surface area contributed by atoms with Crippen molar-refractivity contribution in [3.05, 3.63) is 162 Å². The summed E-state index contributed by atoms with van der Waals surface area (Å²) in [4.78, 5) is 17.5. The zero-order valence-corrected chi connectivity index (χ0v) is 31.4. The first kappa shape index (κ1) is 34.5. The first-order valence-corrected chi connectivity index (χ1v) is 18.2. The third-order valence-electron chi connectivity index (χ3n) is 9.35. The average Bonchev–Trinajstić information content (AvgIpc) is 4.01. The van der Waals surface area contributed by atoms with Gasteiger partial charge in [-0.05, 0) is 83.0 Å². The molecule has 9 rings (SSSR count). The summed E-state index contributed by atoms with van der Waals surface area (Å²) in [6.07, 6.45) is 8.01. The van der Waals surface area contributed by atoms with E-state index in [9.17, 15) is 13.0 Å². The molecule has 0 atom stereocenters. The summed E-state index contributed by atoms with van der Waals surface area (Å²) in [5.74, 6) is 0. The molecule has 0 unspecified atom stereocenters. The molecule has 2 aliphatic heterocycles. The smallest absolute Gasteiger partial charge is 0.744 e. The Morgan fingerprint density at radius 3 is 1.08 bits per heavy atom. The molecule has 4 aromatic carbocycles. The summed E-state index contributed by atoms with van der Waals surface area (Å²) in [7, 11) is -4.71. The van der Waals surface area contributed by atoms with Gasteiger partial charge in [-0.25, -0.2) is 18.4 Å². The van der Waals surface area contributed by atoms with E-state index in [1.165, 1.54) is 12.1 Å². The number of nitrogens with zero attached hydrogens (tertiary/aromatic N) is 2. The molecule has 0 amide bonds. The molecule has 7 nitrogen and oxygen atoms in total. The molecule has 2 N–H and O–H groups in total. The van der Waals surface area contributed by atoms with Crippen LogP contribution in [0.1, 0.15) is 22.8 Å². The number of benzene rings is 4. The number of aromatic nitrogens is 4. The Balaban J connectivity index is 0.00000400. The minimum atomic E-state index is -4.71. The molecular weight excluding hydrogens is 688 g/mol. The summed E-state index contributed by atoms with van der Waals surface area (Å²) in [5.41, 5.74) is 13.2. The molecule has 9 heteroatoms. The molecule has 0 fully saturated rings. The number of rotatable bonds is 5. The molecule has 53 heavy (non-hydrogen) atoms.